The van der Waals surface area contributed by atoms with Crippen LogP contribution in [0.2, 0.25) is 5.02 Å². The van der Waals surface area contributed by atoms with Gasteiger partial charge in [-0.05, 0) is 31.2 Å². The fourth-order valence-electron chi connectivity index (χ4n) is 2.20. The molecule has 0 bridgehead atoms. The molecule has 0 aromatic heterocycles. The van der Waals surface area contributed by atoms with E-state index in [0.29, 0.717) is 31.1 Å². The van der Waals surface area contributed by atoms with Gasteiger partial charge in [-0.1, -0.05) is 23.7 Å². The lowest BCUT2D eigenvalue weighted by atomic mass is 10.1. The van der Waals surface area contributed by atoms with Crippen LogP contribution >= 0.6 is 11.6 Å². The Hall–Kier alpha value is -1.59. The lowest BCUT2D eigenvalue weighted by molar-refractivity contribution is -0.146. The molecule has 2 amide bonds. The highest BCUT2D eigenvalue weighted by Crippen LogP contribution is 2.09. The van der Waals surface area contributed by atoms with Crippen molar-refractivity contribution in [3.05, 3.63) is 34.9 Å². The number of likely N-dealkylation sites (N-methyl/N-ethyl adjacent to an activating group) is 1. The van der Waals surface area contributed by atoms with Crippen molar-refractivity contribution in [1.29, 1.82) is 0 Å². The molecule has 1 fully saturated rings. The molecule has 0 radical (unpaired) electrons. The second kappa shape index (κ2) is 7.43. The van der Waals surface area contributed by atoms with Crippen LogP contribution in [0.25, 0.3) is 0 Å². The van der Waals surface area contributed by atoms with Crippen molar-refractivity contribution < 1.29 is 9.59 Å². The largest absolute Gasteiger partial charge is 0.347 e. The van der Waals surface area contributed by atoms with Crippen LogP contribution in [0.4, 0.5) is 0 Å². The second-order valence-electron chi connectivity index (χ2n) is 5.23. The predicted octanol–water partition coefficient (Wildman–Crippen LogP) is 0.773. The van der Waals surface area contributed by atoms with E-state index in [4.69, 9.17) is 11.6 Å². The Bertz CT molecular complexity index is 496. The molecular formula is C15H20ClN3O2. The number of carbonyl (C=O) groups excluding carboxylic acids is 2. The van der Waals surface area contributed by atoms with Gasteiger partial charge in [0.25, 0.3) is 0 Å². The zero-order chi connectivity index (χ0) is 15.2. The average molecular weight is 310 g/mol. The van der Waals surface area contributed by atoms with Gasteiger partial charge in [-0.25, -0.2) is 0 Å². The highest BCUT2D eigenvalue weighted by atomic mass is 35.5. The first-order chi connectivity index (χ1) is 10.1. The Labute approximate surface area is 129 Å². The topological polar surface area (TPSA) is 52.7 Å². The first-order valence-electron chi connectivity index (χ1n) is 7.06. The summed E-state index contributed by atoms with van der Waals surface area (Å²) in [6.45, 7) is 3.29. The van der Waals surface area contributed by atoms with Crippen LogP contribution in [0, 0.1) is 0 Å². The Morgan fingerprint density at radius 2 is 1.76 bits per heavy atom. The molecule has 1 N–H and O–H groups in total. The molecule has 114 valence electrons. The number of rotatable bonds is 3. The van der Waals surface area contributed by atoms with Crippen LogP contribution in [0.1, 0.15) is 5.56 Å². The molecular weight excluding hydrogens is 290 g/mol. The zero-order valence-corrected chi connectivity index (χ0v) is 12.9. The summed E-state index contributed by atoms with van der Waals surface area (Å²) in [4.78, 5) is 27.6. The maximum Gasteiger partial charge on any atom is 0.311 e. The number of piperazine rings is 1. The summed E-state index contributed by atoms with van der Waals surface area (Å²) in [7, 11) is 2.01. The summed E-state index contributed by atoms with van der Waals surface area (Å²) in [5.41, 5.74) is 1.08. The highest BCUT2D eigenvalue weighted by molar-refractivity contribution is 6.35. The monoisotopic (exact) mass is 309 g/mol. The van der Waals surface area contributed by atoms with Crippen molar-refractivity contribution in [2.45, 2.75) is 6.42 Å². The number of carbonyl (C=O) groups is 2. The smallest absolute Gasteiger partial charge is 0.311 e. The van der Waals surface area contributed by atoms with Gasteiger partial charge in [-0.3, -0.25) is 9.59 Å². The van der Waals surface area contributed by atoms with Crippen LogP contribution in [0.5, 0.6) is 0 Å². The van der Waals surface area contributed by atoms with E-state index in [2.05, 4.69) is 10.2 Å². The van der Waals surface area contributed by atoms with Gasteiger partial charge >= 0.3 is 11.8 Å². The van der Waals surface area contributed by atoms with E-state index in [9.17, 15) is 9.59 Å². The Balaban J connectivity index is 1.74. The van der Waals surface area contributed by atoms with E-state index in [0.717, 1.165) is 18.7 Å². The number of hydrogen-bond acceptors (Lipinski definition) is 3. The fraction of sp³-hybridized carbons (Fsp3) is 0.467. The number of hydrogen-bond donors (Lipinski definition) is 1. The number of nitrogens with one attached hydrogen (secondary N) is 1. The van der Waals surface area contributed by atoms with E-state index in [1.165, 1.54) is 0 Å². The molecule has 1 saturated heterocycles. The van der Waals surface area contributed by atoms with Crippen molar-refractivity contribution in [2.75, 3.05) is 39.8 Å². The second-order valence-corrected chi connectivity index (χ2v) is 5.66. The average Bonchev–Trinajstić information content (AvgIpc) is 2.49. The molecule has 1 aliphatic heterocycles. The molecule has 1 aromatic carbocycles. The third kappa shape index (κ3) is 4.72. The number of benzene rings is 1. The number of halogens is 1. The normalized spacial score (nSPS) is 15.8. The first kappa shape index (κ1) is 15.8. The molecule has 1 aromatic rings. The first-order valence-corrected chi connectivity index (χ1v) is 7.44. The summed E-state index contributed by atoms with van der Waals surface area (Å²) in [6, 6.07) is 7.45. The lowest BCUT2D eigenvalue weighted by Gasteiger charge is -2.31. The van der Waals surface area contributed by atoms with Gasteiger partial charge < -0.3 is 15.1 Å². The van der Waals surface area contributed by atoms with E-state index in [1.807, 2.05) is 31.3 Å². The molecule has 0 unspecified atom stereocenters. The maximum atomic E-state index is 12.0. The third-order valence-electron chi connectivity index (χ3n) is 3.60. The van der Waals surface area contributed by atoms with E-state index < -0.39 is 11.8 Å². The number of nitrogens with zero attached hydrogens (tertiary/aromatic N) is 2. The van der Waals surface area contributed by atoms with Crippen molar-refractivity contribution in [1.82, 2.24) is 15.1 Å². The summed E-state index contributed by atoms with van der Waals surface area (Å²) in [5.74, 6) is -0.951. The van der Waals surface area contributed by atoms with E-state index in [-0.39, 0.29) is 0 Å². The molecule has 6 heteroatoms. The fourth-order valence-corrected chi connectivity index (χ4v) is 2.33. The highest BCUT2D eigenvalue weighted by Gasteiger charge is 2.24. The molecule has 0 saturated carbocycles. The quantitative estimate of drug-likeness (QED) is 0.839. The van der Waals surface area contributed by atoms with Gasteiger partial charge in [0.1, 0.15) is 0 Å². The third-order valence-corrected chi connectivity index (χ3v) is 3.85. The van der Waals surface area contributed by atoms with Crippen molar-refractivity contribution in [3.8, 4) is 0 Å². The minimum atomic E-state index is -0.520. The Morgan fingerprint density at radius 3 is 2.38 bits per heavy atom. The molecule has 0 spiro atoms. The van der Waals surface area contributed by atoms with Crippen LogP contribution in [-0.4, -0.2) is 61.4 Å². The van der Waals surface area contributed by atoms with Crippen molar-refractivity contribution in [2.24, 2.45) is 0 Å². The molecule has 5 nitrogen and oxygen atoms in total. The van der Waals surface area contributed by atoms with Crippen LogP contribution in [-0.2, 0) is 16.0 Å². The minimum Gasteiger partial charge on any atom is -0.347 e. The van der Waals surface area contributed by atoms with E-state index in [1.54, 1.807) is 4.90 Å². The molecule has 2 rings (SSSR count). The van der Waals surface area contributed by atoms with Crippen molar-refractivity contribution >= 4 is 23.4 Å². The SMILES string of the molecule is CN1CCN(C(=O)C(=O)NCCc2ccc(Cl)cc2)CC1. The number of amides is 2. The molecule has 1 aliphatic rings. The maximum absolute atomic E-state index is 12.0. The Kier molecular flexibility index (Phi) is 5.59. The van der Waals surface area contributed by atoms with Crippen LogP contribution < -0.4 is 5.32 Å². The van der Waals surface area contributed by atoms with E-state index >= 15 is 0 Å². The van der Waals surface area contributed by atoms with Crippen molar-refractivity contribution in [3.63, 3.8) is 0 Å². The summed E-state index contributed by atoms with van der Waals surface area (Å²) >= 11 is 5.81. The standard InChI is InChI=1S/C15H20ClN3O2/c1-18-8-10-19(11-9-18)15(21)14(20)17-7-6-12-2-4-13(16)5-3-12/h2-5H,6-11H2,1H3,(H,17,20). The van der Waals surface area contributed by atoms with Gasteiger partial charge in [-0.15, -0.1) is 0 Å². The molecule has 1 heterocycles. The van der Waals surface area contributed by atoms with Gasteiger partial charge in [0.05, 0.1) is 0 Å². The summed E-state index contributed by atoms with van der Waals surface area (Å²) in [6.07, 6.45) is 0.679. The summed E-state index contributed by atoms with van der Waals surface area (Å²) in [5, 5.41) is 3.37. The van der Waals surface area contributed by atoms with Gasteiger partial charge in [0.15, 0.2) is 0 Å². The molecule has 21 heavy (non-hydrogen) atoms. The lowest BCUT2D eigenvalue weighted by Crippen LogP contribution is -2.51. The van der Waals surface area contributed by atoms with Gasteiger partial charge in [-0.2, -0.15) is 0 Å². The predicted molar refractivity (Wildman–Crippen MR) is 82.2 cm³/mol. The van der Waals surface area contributed by atoms with Crippen LogP contribution in [0.15, 0.2) is 24.3 Å². The summed E-state index contributed by atoms with van der Waals surface area (Å²) < 4.78 is 0. The zero-order valence-electron chi connectivity index (χ0n) is 12.1. The molecule has 0 atom stereocenters. The van der Waals surface area contributed by atoms with Gasteiger partial charge in [0, 0.05) is 37.7 Å². The van der Waals surface area contributed by atoms with Crippen LogP contribution in [0.3, 0.4) is 0 Å². The minimum absolute atomic E-state index is 0.431. The van der Waals surface area contributed by atoms with Gasteiger partial charge in [0.2, 0.25) is 0 Å². The molecule has 0 aliphatic carbocycles. The Morgan fingerprint density at radius 1 is 1.14 bits per heavy atom.